The zero-order valence-electron chi connectivity index (χ0n) is 12.6. The fraction of sp³-hybridized carbons (Fsp3) is 0.222. The standard InChI is InChI=1S/C18H15N4O/c19-9-3-11-22(12-4-10-20)14-7-8-16-18(13-14)23-17-6-2-1-5-15(17)21-16/h1-2,5-8,13H,3-4,11-12H2/q+1. The lowest BCUT2D eigenvalue weighted by Gasteiger charge is -2.06. The highest BCUT2D eigenvalue weighted by atomic mass is 16.3. The molecule has 0 aromatic heterocycles. The number of hydrogen-bond acceptors (Lipinski definition) is 4. The van der Waals surface area contributed by atoms with Crippen molar-refractivity contribution in [3.8, 4) is 23.6 Å². The highest BCUT2D eigenvalue weighted by Crippen LogP contribution is 2.22. The number of aromatic nitrogens is 1. The molecule has 2 aliphatic rings. The van der Waals surface area contributed by atoms with E-state index in [-0.39, 0.29) is 0 Å². The molecule has 1 aromatic rings. The molecule has 23 heavy (non-hydrogen) atoms. The minimum absolute atomic E-state index is 0.413. The van der Waals surface area contributed by atoms with Crippen molar-refractivity contribution in [2.24, 2.45) is 0 Å². The molecule has 0 fully saturated rings. The first-order chi connectivity index (χ1) is 11.3. The third-order valence-corrected chi connectivity index (χ3v) is 3.62. The first-order valence-corrected chi connectivity index (χ1v) is 7.43. The van der Waals surface area contributed by atoms with E-state index in [1.807, 2.05) is 47.0 Å². The SMILES string of the molecule is N#CCC[N+](CCC#N)=c1ccc2nc3ccccc3oc-2c1. The van der Waals surface area contributed by atoms with E-state index in [9.17, 15) is 0 Å². The van der Waals surface area contributed by atoms with Crippen molar-refractivity contribution >= 4 is 11.1 Å². The molecule has 0 saturated carbocycles. The topological polar surface area (TPSA) is 76.6 Å². The van der Waals surface area contributed by atoms with Gasteiger partial charge in [0.2, 0.25) is 5.36 Å². The first kappa shape index (κ1) is 14.7. The van der Waals surface area contributed by atoms with Crippen LogP contribution in [0.1, 0.15) is 12.8 Å². The fourth-order valence-corrected chi connectivity index (χ4v) is 2.50. The summed E-state index contributed by atoms with van der Waals surface area (Å²) >= 11 is 0. The maximum Gasteiger partial charge on any atom is 0.203 e. The number of nitrogens with zero attached hydrogens (tertiary/aromatic N) is 4. The summed E-state index contributed by atoms with van der Waals surface area (Å²) in [6, 6.07) is 17.7. The Bertz CT molecular complexity index is 939. The van der Waals surface area contributed by atoms with Crippen LogP contribution < -0.4 is 9.93 Å². The number of nitriles is 2. The molecule has 0 N–H and O–H groups in total. The molecule has 1 heterocycles. The van der Waals surface area contributed by atoms with Gasteiger partial charge >= 0.3 is 0 Å². The molecule has 5 heteroatoms. The van der Waals surface area contributed by atoms with Gasteiger partial charge < -0.3 is 4.42 Å². The molecule has 5 nitrogen and oxygen atoms in total. The van der Waals surface area contributed by atoms with Gasteiger partial charge in [-0.25, -0.2) is 9.56 Å². The van der Waals surface area contributed by atoms with Gasteiger partial charge in [0.25, 0.3) is 0 Å². The van der Waals surface area contributed by atoms with Gasteiger partial charge in [-0.15, -0.1) is 0 Å². The van der Waals surface area contributed by atoms with Gasteiger partial charge in [0.15, 0.2) is 24.4 Å². The second kappa shape index (κ2) is 6.72. The molecular weight excluding hydrogens is 288 g/mol. The maximum absolute atomic E-state index is 8.81. The normalized spacial score (nSPS) is 10.3. The van der Waals surface area contributed by atoms with Crippen LogP contribution in [-0.2, 0) is 0 Å². The molecule has 1 aromatic carbocycles. The zero-order valence-corrected chi connectivity index (χ0v) is 12.6. The Morgan fingerprint density at radius 2 is 1.74 bits per heavy atom. The molecule has 0 amide bonds. The largest absolute Gasteiger partial charge is 0.453 e. The lowest BCUT2D eigenvalue weighted by molar-refractivity contribution is 0.578. The average Bonchev–Trinajstić information content (AvgIpc) is 2.59. The third kappa shape index (κ3) is 3.20. The number of hydrogen-bond donors (Lipinski definition) is 0. The lowest BCUT2D eigenvalue weighted by Crippen LogP contribution is -2.31. The van der Waals surface area contributed by atoms with Crippen LogP contribution >= 0.6 is 0 Å². The van der Waals surface area contributed by atoms with Gasteiger partial charge in [-0.3, -0.25) is 0 Å². The number of benzene rings is 2. The fourth-order valence-electron chi connectivity index (χ4n) is 2.50. The highest BCUT2D eigenvalue weighted by molar-refractivity contribution is 5.75. The maximum atomic E-state index is 8.81. The highest BCUT2D eigenvalue weighted by Gasteiger charge is 2.12. The molecule has 1 aliphatic heterocycles. The van der Waals surface area contributed by atoms with Gasteiger partial charge in [0.05, 0.1) is 31.0 Å². The average molecular weight is 303 g/mol. The predicted molar refractivity (Wildman–Crippen MR) is 86.1 cm³/mol. The molecule has 0 atom stereocenters. The van der Waals surface area contributed by atoms with E-state index < -0.39 is 0 Å². The van der Waals surface area contributed by atoms with Crippen molar-refractivity contribution < 1.29 is 4.42 Å². The zero-order chi connectivity index (χ0) is 16.1. The molecule has 0 bridgehead atoms. The minimum Gasteiger partial charge on any atom is -0.453 e. The summed E-state index contributed by atoms with van der Waals surface area (Å²) < 4.78 is 7.95. The van der Waals surface area contributed by atoms with Crippen LogP contribution in [0.25, 0.3) is 22.6 Å². The Labute approximate surface area is 133 Å². The Morgan fingerprint density at radius 1 is 1.00 bits per heavy atom. The first-order valence-electron chi connectivity index (χ1n) is 7.43. The number of para-hydroxylation sites is 2. The molecule has 0 spiro atoms. The van der Waals surface area contributed by atoms with Gasteiger partial charge in [-0.05, 0) is 18.2 Å². The van der Waals surface area contributed by atoms with Crippen LogP contribution in [0.5, 0.6) is 0 Å². The van der Waals surface area contributed by atoms with Gasteiger partial charge in [0, 0.05) is 6.07 Å². The summed E-state index contributed by atoms with van der Waals surface area (Å²) in [4.78, 5) is 4.59. The quantitative estimate of drug-likeness (QED) is 0.548. The molecule has 0 unspecified atom stereocenters. The summed E-state index contributed by atoms with van der Waals surface area (Å²) in [6.07, 6.45) is 0.827. The molecule has 0 saturated heterocycles. The molecule has 1 aliphatic carbocycles. The molecule has 3 rings (SSSR count). The van der Waals surface area contributed by atoms with Crippen molar-refractivity contribution in [2.75, 3.05) is 13.1 Å². The van der Waals surface area contributed by atoms with E-state index in [4.69, 9.17) is 14.9 Å². The van der Waals surface area contributed by atoms with Crippen molar-refractivity contribution in [3.63, 3.8) is 0 Å². The molecule has 112 valence electrons. The summed E-state index contributed by atoms with van der Waals surface area (Å²) in [6.45, 7) is 1.18. The number of fused-ring (bicyclic) bond motifs is 2. The van der Waals surface area contributed by atoms with Crippen LogP contribution in [0.15, 0.2) is 46.9 Å². The van der Waals surface area contributed by atoms with E-state index in [0.29, 0.717) is 31.7 Å². The van der Waals surface area contributed by atoms with Crippen molar-refractivity contribution in [1.29, 1.82) is 10.5 Å². The second-order valence-corrected chi connectivity index (χ2v) is 5.14. The van der Waals surface area contributed by atoms with Gasteiger partial charge in [-0.1, -0.05) is 12.1 Å². The van der Waals surface area contributed by atoms with Crippen LogP contribution in [0.4, 0.5) is 0 Å². The Balaban J connectivity index is 2.15. The minimum atomic E-state index is 0.413. The Kier molecular flexibility index (Phi) is 4.31. The van der Waals surface area contributed by atoms with E-state index >= 15 is 0 Å². The summed E-state index contributed by atoms with van der Waals surface area (Å²) in [5.41, 5.74) is 2.34. The smallest absolute Gasteiger partial charge is 0.203 e. The van der Waals surface area contributed by atoms with Crippen LogP contribution in [0.3, 0.4) is 0 Å². The Morgan fingerprint density at radius 3 is 2.48 bits per heavy atom. The Hall–Kier alpha value is -3.18. The van der Waals surface area contributed by atoms with Gasteiger partial charge in [-0.2, -0.15) is 10.5 Å². The van der Waals surface area contributed by atoms with Crippen molar-refractivity contribution in [3.05, 3.63) is 47.8 Å². The number of rotatable bonds is 4. The predicted octanol–water partition coefficient (Wildman–Crippen LogP) is 2.53. The van der Waals surface area contributed by atoms with Crippen molar-refractivity contribution in [2.45, 2.75) is 12.8 Å². The van der Waals surface area contributed by atoms with E-state index in [1.54, 1.807) is 0 Å². The molecular formula is C18H15N4O+. The van der Waals surface area contributed by atoms with E-state index in [1.165, 1.54) is 0 Å². The van der Waals surface area contributed by atoms with Gasteiger partial charge in [0.1, 0.15) is 11.2 Å². The lowest BCUT2D eigenvalue weighted by atomic mass is 10.2. The second-order valence-electron chi connectivity index (χ2n) is 5.14. The summed E-state index contributed by atoms with van der Waals surface area (Å²) in [5.74, 6) is 0.695. The van der Waals surface area contributed by atoms with E-state index in [0.717, 1.165) is 22.2 Å². The summed E-state index contributed by atoms with van der Waals surface area (Å²) in [7, 11) is 0. The monoisotopic (exact) mass is 303 g/mol. The third-order valence-electron chi connectivity index (χ3n) is 3.62. The van der Waals surface area contributed by atoms with Crippen LogP contribution in [0.2, 0.25) is 0 Å². The van der Waals surface area contributed by atoms with Crippen LogP contribution in [0, 0.1) is 22.7 Å². The van der Waals surface area contributed by atoms with E-state index in [2.05, 4.69) is 17.1 Å². The summed E-state index contributed by atoms with van der Waals surface area (Å²) in [5, 5.41) is 18.5. The molecule has 0 radical (unpaired) electrons. The van der Waals surface area contributed by atoms with Crippen molar-refractivity contribution in [1.82, 2.24) is 9.56 Å². The van der Waals surface area contributed by atoms with Crippen LogP contribution in [-0.4, -0.2) is 18.1 Å².